The van der Waals surface area contributed by atoms with E-state index < -0.39 is 0 Å². The van der Waals surface area contributed by atoms with Crippen molar-refractivity contribution in [3.8, 4) is 11.1 Å². The minimum atomic E-state index is 0.0453. The fourth-order valence-corrected chi connectivity index (χ4v) is 8.14. The van der Waals surface area contributed by atoms with Gasteiger partial charge in [0.05, 0.1) is 0 Å². The van der Waals surface area contributed by atoms with Crippen molar-refractivity contribution in [2.24, 2.45) is 0 Å². The Morgan fingerprint density at radius 3 is 2.38 bits per heavy atom. The van der Waals surface area contributed by atoms with Gasteiger partial charge in [0.15, 0.2) is 0 Å². The molecule has 4 heteroatoms. The zero-order valence-corrected chi connectivity index (χ0v) is 21.6. The minimum absolute atomic E-state index is 0.0453. The topological polar surface area (TPSA) is 18.5 Å². The SMILES string of the molecule is COCCCc1cc2cc3c(cc2s1)C(C)(C)c1cc2c(cc1-3)CC(C)(CCCOC)S2. The number of thiophene rings is 1. The minimum Gasteiger partial charge on any atom is -0.385 e. The summed E-state index contributed by atoms with van der Waals surface area (Å²) in [6.45, 7) is 8.92. The molecule has 0 radical (unpaired) electrons. The smallest absolute Gasteiger partial charge is 0.0465 e. The van der Waals surface area contributed by atoms with Crippen LogP contribution < -0.4 is 0 Å². The van der Waals surface area contributed by atoms with E-state index in [2.05, 4.69) is 62.9 Å². The monoisotopic (exact) mass is 466 g/mol. The van der Waals surface area contributed by atoms with Gasteiger partial charge in [0, 0.05) is 52.1 Å². The summed E-state index contributed by atoms with van der Waals surface area (Å²) in [5, 5.41) is 1.39. The van der Waals surface area contributed by atoms with E-state index in [1.165, 1.54) is 54.1 Å². The molecule has 0 amide bonds. The largest absolute Gasteiger partial charge is 0.385 e. The molecule has 170 valence electrons. The first kappa shape index (κ1) is 22.5. The summed E-state index contributed by atoms with van der Waals surface area (Å²) in [4.78, 5) is 2.96. The molecule has 0 N–H and O–H groups in total. The van der Waals surface area contributed by atoms with Crippen LogP contribution in [0, 0.1) is 0 Å². The van der Waals surface area contributed by atoms with Crippen molar-refractivity contribution < 1.29 is 9.47 Å². The summed E-state index contributed by atoms with van der Waals surface area (Å²) in [7, 11) is 3.59. The lowest BCUT2D eigenvalue weighted by molar-refractivity contribution is 0.190. The quantitative estimate of drug-likeness (QED) is 0.318. The summed E-state index contributed by atoms with van der Waals surface area (Å²) in [6.07, 6.45) is 5.68. The molecule has 0 spiro atoms. The number of methoxy groups -OCH3 is 2. The Morgan fingerprint density at radius 2 is 1.59 bits per heavy atom. The summed E-state index contributed by atoms with van der Waals surface area (Å²) < 4.78 is 12.3. The van der Waals surface area contributed by atoms with Crippen LogP contribution in [0.3, 0.4) is 0 Å². The molecule has 3 aromatic rings. The molecule has 2 nitrogen and oxygen atoms in total. The Hall–Kier alpha value is -1.33. The van der Waals surface area contributed by atoms with E-state index in [0.29, 0.717) is 0 Å². The predicted octanol–water partition coefficient (Wildman–Crippen LogP) is 7.62. The van der Waals surface area contributed by atoms with Gasteiger partial charge in [-0.25, -0.2) is 0 Å². The molecule has 1 aliphatic carbocycles. The molecule has 1 aromatic heterocycles. The number of rotatable bonds is 8. The molecular weight excluding hydrogens is 432 g/mol. The third-order valence-electron chi connectivity index (χ3n) is 7.29. The maximum Gasteiger partial charge on any atom is 0.0465 e. The van der Waals surface area contributed by atoms with Crippen LogP contribution in [-0.2, 0) is 27.7 Å². The van der Waals surface area contributed by atoms with Crippen LogP contribution in [0.2, 0.25) is 0 Å². The fraction of sp³-hybridized carbons (Fsp3) is 0.500. The van der Waals surface area contributed by atoms with Crippen molar-refractivity contribution >= 4 is 33.2 Å². The number of hydrogen-bond donors (Lipinski definition) is 0. The maximum absolute atomic E-state index is 5.30. The van der Waals surface area contributed by atoms with Crippen LogP contribution in [0.4, 0.5) is 0 Å². The van der Waals surface area contributed by atoms with Crippen LogP contribution in [0.25, 0.3) is 21.2 Å². The van der Waals surface area contributed by atoms with Gasteiger partial charge >= 0.3 is 0 Å². The summed E-state index contributed by atoms with van der Waals surface area (Å²) in [5.41, 5.74) is 7.46. The Morgan fingerprint density at radius 1 is 0.875 bits per heavy atom. The fourth-order valence-electron chi connectivity index (χ4n) is 5.57. The van der Waals surface area contributed by atoms with E-state index >= 15 is 0 Å². The molecule has 0 saturated carbocycles. The Bertz CT molecular complexity index is 1160. The Balaban J connectivity index is 1.50. The highest BCUT2D eigenvalue weighted by Gasteiger charge is 2.40. The van der Waals surface area contributed by atoms with Gasteiger partial charge in [0.1, 0.15) is 0 Å². The van der Waals surface area contributed by atoms with Crippen molar-refractivity contribution in [1.29, 1.82) is 0 Å². The molecule has 0 saturated heterocycles. The molecule has 2 aliphatic rings. The molecule has 5 rings (SSSR count). The lowest BCUT2D eigenvalue weighted by Gasteiger charge is -2.23. The van der Waals surface area contributed by atoms with Crippen molar-refractivity contribution in [2.45, 2.75) is 67.9 Å². The second-order valence-electron chi connectivity index (χ2n) is 10.2. The molecule has 2 aromatic carbocycles. The molecule has 0 bridgehead atoms. The van der Waals surface area contributed by atoms with E-state index in [1.54, 1.807) is 14.2 Å². The third-order valence-corrected chi connectivity index (χ3v) is 9.89. The molecule has 1 atom stereocenters. The number of benzene rings is 2. The molecule has 32 heavy (non-hydrogen) atoms. The van der Waals surface area contributed by atoms with Crippen molar-refractivity contribution in [1.82, 2.24) is 0 Å². The zero-order valence-electron chi connectivity index (χ0n) is 20.0. The average molecular weight is 467 g/mol. The lowest BCUT2D eigenvalue weighted by atomic mass is 9.82. The summed E-state index contributed by atoms with van der Waals surface area (Å²) in [6, 6.07) is 12.4. The molecule has 1 unspecified atom stereocenters. The van der Waals surface area contributed by atoms with Gasteiger partial charge in [0.2, 0.25) is 0 Å². The van der Waals surface area contributed by atoms with Gasteiger partial charge in [-0.3, -0.25) is 0 Å². The van der Waals surface area contributed by atoms with Gasteiger partial charge in [-0.2, -0.15) is 0 Å². The number of ether oxygens (including phenoxy) is 2. The first-order valence-corrected chi connectivity index (χ1v) is 13.4. The van der Waals surface area contributed by atoms with Gasteiger partial charge in [-0.05, 0) is 103 Å². The second-order valence-corrected chi connectivity index (χ2v) is 13.0. The van der Waals surface area contributed by atoms with Crippen molar-refractivity contribution in [3.05, 3.63) is 51.9 Å². The third kappa shape index (κ3) is 3.83. The number of thioether (sulfide) groups is 1. The number of hydrogen-bond acceptors (Lipinski definition) is 4. The maximum atomic E-state index is 5.30. The highest BCUT2D eigenvalue weighted by atomic mass is 32.2. The van der Waals surface area contributed by atoms with E-state index in [4.69, 9.17) is 9.47 Å². The predicted molar refractivity (Wildman–Crippen MR) is 139 cm³/mol. The van der Waals surface area contributed by atoms with Gasteiger partial charge in [-0.1, -0.05) is 13.8 Å². The zero-order chi connectivity index (χ0) is 22.5. The van der Waals surface area contributed by atoms with Crippen LogP contribution in [0.5, 0.6) is 0 Å². The molecule has 1 aliphatic heterocycles. The molecule has 0 fully saturated rings. The van der Waals surface area contributed by atoms with Gasteiger partial charge < -0.3 is 9.47 Å². The summed E-state index contributed by atoms with van der Waals surface area (Å²) in [5.74, 6) is 0. The van der Waals surface area contributed by atoms with E-state index in [-0.39, 0.29) is 10.2 Å². The Labute approximate surface area is 200 Å². The van der Waals surface area contributed by atoms with Crippen molar-refractivity contribution in [2.75, 3.05) is 27.4 Å². The highest BCUT2D eigenvalue weighted by Crippen LogP contribution is 2.55. The number of aryl methyl sites for hydroxylation is 1. The normalized spacial score (nSPS) is 20.5. The first-order chi connectivity index (χ1) is 15.3. The van der Waals surface area contributed by atoms with E-state index in [0.717, 1.165) is 38.9 Å². The standard InChI is InChI=1S/C28H34O2S2/c1-27(2)23-15-25-18(12-20(31-25)8-6-10-29-4)13-21(23)22-14-19-17-28(3,9-7-11-30-5)32-26(19)16-24(22)27/h12-16H,6-11,17H2,1-5H3. The van der Waals surface area contributed by atoms with Crippen LogP contribution >= 0.6 is 23.1 Å². The van der Waals surface area contributed by atoms with Crippen LogP contribution in [-0.4, -0.2) is 32.2 Å². The Kier molecular flexibility index (Phi) is 5.94. The summed E-state index contributed by atoms with van der Waals surface area (Å²) >= 11 is 4.04. The lowest BCUT2D eigenvalue weighted by Crippen LogP contribution is -2.19. The van der Waals surface area contributed by atoms with Crippen LogP contribution in [0.1, 0.15) is 61.6 Å². The number of fused-ring (bicyclic) bond motifs is 5. The average Bonchev–Trinajstić information content (AvgIpc) is 3.36. The second kappa shape index (κ2) is 8.47. The van der Waals surface area contributed by atoms with E-state index in [9.17, 15) is 0 Å². The van der Waals surface area contributed by atoms with Gasteiger partial charge in [-0.15, -0.1) is 23.1 Å². The van der Waals surface area contributed by atoms with Crippen LogP contribution in [0.15, 0.2) is 35.2 Å². The first-order valence-electron chi connectivity index (χ1n) is 11.8. The molecule has 2 heterocycles. The highest BCUT2D eigenvalue weighted by molar-refractivity contribution is 8.01. The molecular formula is C28H34O2S2. The van der Waals surface area contributed by atoms with Crippen molar-refractivity contribution in [3.63, 3.8) is 0 Å². The van der Waals surface area contributed by atoms with E-state index in [1.807, 2.05) is 11.3 Å². The van der Waals surface area contributed by atoms with Gasteiger partial charge in [0.25, 0.3) is 0 Å².